The van der Waals surface area contributed by atoms with Crippen LogP contribution in [0.2, 0.25) is 0 Å². The Bertz CT molecular complexity index is 403. The molecule has 2 unspecified atom stereocenters. The number of ether oxygens (including phenoxy) is 2. The Hall–Kier alpha value is -1.10. The second-order valence-electron chi connectivity index (χ2n) is 8.59. The molecule has 0 aromatic heterocycles. The van der Waals surface area contributed by atoms with E-state index >= 15 is 0 Å². The van der Waals surface area contributed by atoms with Crippen molar-refractivity contribution in [3.63, 3.8) is 0 Å². The molecular formula is C18H34O5. The van der Waals surface area contributed by atoms with Crippen molar-refractivity contribution in [2.45, 2.75) is 86.4 Å². The van der Waals surface area contributed by atoms with Crippen LogP contribution in [0.1, 0.15) is 74.7 Å². The van der Waals surface area contributed by atoms with E-state index in [4.69, 9.17) is 9.47 Å². The van der Waals surface area contributed by atoms with E-state index in [-0.39, 0.29) is 30.3 Å². The molecule has 23 heavy (non-hydrogen) atoms. The van der Waals surface area contributed by atoms with E-state index in [1.165, 1.54) is 0 Å². The highest BCUT2D eigenvalue weighted by Gasteiger charge is 2.44. The highest BCUT2D eigenvalue weighted by Crippen LogP contribution is 2.42. The number of aliphatic hydroxyl groups excluding tert-OH is 1. The lowest BCUT2D eigenvalue weighted by Gasteiger charge is -2.44. The van der Waals surface area contributed by atoms with Crippen molar-refractivity contribution in [3.8, 4) is 0 Å². The fourth-order valence-electron chi connectivity index (χ4n) is 2.30. The van der Waals surface area contributed by atoms with Crippen LogP contribution in [0.4, 0.5) is 0 Å². The first-order valence-corrected chi connectivity index (χ1v) is 8.26. The lowest BCUT2D eigenvalue weighted by Crippen LogP contribution is -2.47. The average molecular weight is 330 g/mol. The summed E-state index contributed by atoms with van der Waals surface area (Å²) < 4.78 is 10.6. The summed E-state index contributed by atoms with van der Waals surface area (Å²) in [6.07, 6.45) is -0.287. The molecule has 0 heterocycles. The third-order valence-electron chi connectivity index (χ3n) is 3.92. The number of rotatable bonds is 7. The number of hydrogen-bond acceptors (Lipinski definition) is 5. The minimum atomic E-state index is -1.04. The Morgan fingerprint density at radius 2 is 1.52 bits per heavy atom. The van der Waals surface area contributed by atoms with Crippen molar-refractivity contribution in [2.24, 2.45) is 10.8 Å². The molecule has 5 heteroatoms. The Labute approximate surface area is 140 Å². The zero-order valence-electron chi connectivity index (χ0n) is 16.0. The van der Waals surface area contributed by atoms with Gasteiger partial charge < -0.3 is 14.6 Å². The van der Waals surface area contributed by atoms with Crippen LogP contribution in [0.25, 0.3) is 0 Å². The standard InChI is InChI=1S/C18H34O5/c1-9-14(20)22-11-13(19)10-15(21)23-18(8,17(5,6)7)12-16(2,3)4/h13,19H,9-12H2,1-8H3. The van der Waals surface area contributed by atoms with Crippen LogP contribution in [0.3, 0.4) is 0 Å². The molecular weight excluding hydrogens is 296 g/mol. The molecule has 0 amide bonds. The summed E-state index contributed by atoms with van der Waals surface area (Å²) in [6, 6.07) is 0. The van der Waals surface area contributed by atoms with Crippen LogP contribution in [0.15, 0.2) is 0 Å². The number of esters is 2. The maximum atomic E-state index is 12.2. The second kappa shape index (κ2) is 8.13. The lowest BCUT2D eigenvalue weighted by molar-refractivity contribution is -0.178. The van der Waals surface area contributed by atoms with E-state index in [0.717, 1.165) is 0 Å². The minimum Gasteiger partial charge on any atom is -0.463 e. The Morgan fingerprint density at radius 1 is 1.00 bits per heavy atom. The summed E-state index contributed by atoms with van der Waals surface area (Å²) in [4.78, 5) is 23.3. The zero-order valence-corrected chi connectivity index (χ0v) is 16.0. The van der Waals surface area contributed by atoms with E-state index in [0.29, 0.717) is 6.42 Å². The molecule has 0 aliphatic rings. The molecule has 0 spiro atoms. The first-order chi connectivity index (χ1) is 10.2. The predicted molar refractivity (Wildman–Crippen MR) is 89.9 cm³/mol. The fourth-order valence-corrected chi connectivity index (χ4v) is 2.30. The fraction of sp³-hybridized carbons (Fsp3) is 0.889. The predicted octanol–water partition coefficient (Wildman–Crippen LogP) is 3.47. The summed E-state index contributed by atoms with van der Waals surface area (Å²) in [5.74, 6) is -0.878. The van der Waals surface area contributed by atoms with Crippen LogP contribution in [-0.4, -0.2) is 35.4 Å². The third kappa shape index (κ3) is 8.35. The van der Waals surface area contributed by atoms with Crippen molar-refractivity contribution >= 4 is 11.9 Å². The summed E-state index contributed by atoms with van der Waals surface area (Å²) in [6.45, 7) is 15.8. The summed E-state index contributed by atoms with van der Waals surface area (Å²) in [5.41, 5.74) is -0.894. The van der Waals surface area contributed by atoms with Crippen molar-refractivity contribution in [1.82, 2.24) is 0 Å². The monoisotopic (exact) mass is 330 g/mol. The van der Waals surface area contributed by atoms with Crippen molar-refractivity contribution in [2.75, 3.05) is 6.61 Å². The molecule has 0 aromatic rings. The molecule has 0 aliphatic carbocycles. The molecule has 5 nitrogen and oxygen atoms in total. The molecule has 2 atom stereocenters. The summed E-state index contributed by atoms with van der Waals surface area (Å²) >= 11 is 0. The average Bonchev–Trinajstić information content (AvgIpc) is 2.31. The maximum Gasteiger partial charge on any atom is 0.309 e. The Morgan fingerprint density at radius 3 is 1.91 bits per heavy atom. The lowest BCUT2D eigenvalue weighted by atomic mass is 9.69. The second-order valence-corrected chi connectivity index (χ2v) is 8.59. The highest BCUT2D eigenvalue weighted by atomic mass is 16.6. The van der Waals surface area contributed by atoms with Gasteiger partial charge >= 0.3 is 11.9 Å². The van der Waals surface area contributed by atoms with Crippen LogP contribution >= 0.6 is 0 Å². The molecule has 136 valence electrons. The van der Waals surface area contributed by atoms with Gasteiger partial charge in [0.2, 0.25) is 0 Å². The van der Waals surface area contributed by atoms with Gasteiger partial charge in [-0.1, -0.05) is 48.5 Å². The quantitative estimate of drug-likeness (QED) is 0.724. The number of carbonyl (C=O) groups excluding carboxylic acids is 2. The highest BCUT2D eigenvalue weighted by molar-refractivity contribution is 5.71. The van der Waals surface area contributed by atoms with Crippen molar-refractivity contribution in [3.05, 3.63) is 0 Å². The van der Waals surface area contributed by atoms with Gasteiger partial charge in [0.25, 0.3) is 0 Å². The maximum absolute atomic E-state index is 12.2. The van der Waals surface area contributed by atoms with Gasteiger partial charge in [-0.2, -0.15) is 0 Å². The molecule has 0 fully saturated rings. The van der Waals surface area contributed by atoms with Gasteiger partial charge in [0.15, 0.2) is 0 Å². The van der Waals surface area contributed by atoms with Crippen LogP contribution < -0.4 is 0 Å². The molecule has 0 aromatic carbocycles. The van der Waals surface area contributed by atoms with Gasteiger partial charge in [0, 0.05) is 11.8 Å². The first-order valence-electron chi connectivity index (χ1n) is 8.26. The van der Waals surface area contributed by atoms with Crippen molar-refractivity contribution in [1.29, 1.82) is 0 Å². The van der Waals surface area contributed by atoms with Crippen LogP contribution in [0.5, 0.6) is 0 Å². The van der Waals surface area contributed by atoms with E-state index in [1.54, 1.807) is 6.92 Å². The minimum absolute atomic E-state index is 0.00240. The van der Waals surface area contributed by atoms with Crippen LogP contribution in [0, 0.1) is 10.8 Å². The van der Waals surface area contributed by atoms with Crippen molar-refractivity contribution < 1.29 is 24.2 Å². The normalized spacial score (nSPS) is 16.4. The van der Waals surface area contributed by atoms with E-state index in [2.05, 4.69) is 20.8 Å². The van der Waals surface area contributed by atoms with Gasteiger partial charge in [-0.05, 0) is 18.8 Å². The molecule has 0 rings (SSSR count). The van der Waals surface area contributed by atoms with E-state index < -0.39 is 23.6 Å². The summed E-state index contributed by atoms with van der Waals surface area (Å²) in [5, 5.41) is 9.82. The van der Waals surface area contributed by atoms with Crippen LogP contribution in [-0.2, 0) is 19.1 Å². The largest absolute Gasteiger partial charge is 0.463 e. The van der Waals surface area contributed by atoms with Gasteiger partial charge in [-0.3, -0.25) is 9.59 Å². The molecule has 1 N–H and O–H groups in total. The molecule has 0 bridgehead atoms. The van der Waals surface area contributed by atoms with Gasteiger partial charge in [0.1, 0.15) is 12.2 Å². The summed E-state index contributed by atoms with van der Waals surface area (Å²) in [7, 11) is 0. The molecule has 0 saturated carbocycles. The van der Waals surface area contributed by atoms with E-state index in [9.17, 15) is 14.7 Å². The number of aliphatic hydroxyl groups is 1. The Kier molecular flexibility index (Phi) is 7.74. The van der Waals surface area contributed by atoms with Gasteiger partial charge in [-0.25, -0.2) is 0 Å². The first kappa shape index (κ1) is 21.9. The smallest absolute Gasteiger partial charge is 0.309 e. The van der Waals surface area contributed by atoms with Gasteiger partial charge in [0.05, 0.1) is 12.5 Å². The number of hydrogen-bond donors (Lipinski definition) is 1. The topological polar surface area (TPSA) is 72.8 Å². The zero-order chi connectivity index (χ0) is 18.5. The number of carbonyl (C=O) groups is 2. The molecule has 0 radical (unpaired) electrons. The third-order valence-corrected chi connectivity index (χ3v) is 3.92. The molecule has 0 aliphatic heterocycles. The Balaban J connectivity index is 4.76. The SMILES string of the molecule is CCC(=O)OCC(O)CC(=O)OC(C)(CC(C)(C)C)C(C)(C)C. The van der Waals surface area contributed by atoms with Gasteiger partial charge in [-0.15, -0.1) is 0 Å². The van der Waals surface area contributed by atoms with E-state index in [1.807, 2.05) is 27.7 Å². The molecule has 0 saturated heterocycles.